The number of anilines is 1. The molecule has 1 aromatic carbocycles. The molecule has 31 heavy (non-hydrogen) atoms. The van der Waals surface area contributed by atoms with E-state index in [4.69, 9.17) is 14.3 Å². The fraction of sp³-hybridized carbons (Fsp3) is 0.333. The molecular weight excluding hydrogens is 487 g/mol. The molecular formula is C18H17BrF3N5O4. The number of carboxylic acids is 1. The molecule has 3 N–H and O–H groups in total. The van der Waals surface area contributed by atoms with Crippen LogP contribution in [0.1, 0.15) is 35.1 Å². The van der Waals surface area contributed by atoms with Gasteiger partial charge in [-0.2, -0.15) is 18.3 Å². The highest BCUT2D eigenvalue weighted by atomic mass is 79.9. The molecule has 0 spiro atoms. The van der Waals surface area contributed by atoms with E-state index in [0.29, 0.717) is 21.7 Å². The molecule has 0 aliphatic carbocycles. The third-order valence-electron chi connectivity index (χ3n) is 4.51. The first-order chi connectivity index (χ1) is 14.6. The molecule has 9 nitrogen and oxygen atoms in total. The molecule has 4 rings (SSSR count). The number of amides is 1. The lowest BCUT2D eigenvalue weighted by Crippen LogP contribution is -2.21. The third-order valence-corrected chi connectivity index (χ3v) is 5.07. The zero-order chi connectivity index (χ0) is 22.8. The first-order valence-electron chi connectivity index (χ1n) is 8.99. The number of alkyl halides is 3. The minimum absolute atomic E-state index is 0.0502. The second-order valence-electron chi connectivity index (χ2n) is 6.59. The normalized spacial score (nSPS) is 16.1. The number of fused-ring (bicyclic) bond motifs is 1. The number of benzene rings is 1. The molecule has 0 saturated carbocycles. The van der Waals surface area contributed by atoms with Gasteiger partial charge in [0, 0.05) is 7.05 Å². The van der Waals surface area contributed by atoms with Gasteiger partial charge in [0.2, 0.25) is 0 Å². The number of hydrogen-bond donors (Lipinski definition) is 3. The molecule has 1 atom stereocenters. The maximum absolute atomic E-state index is 12.7. The van der Waals surface area contributed by atoms with Gasteiger partial charge in [-0.15, -0.1) is 0 Å². The summed E-state index contributed by atoms with van der Waals surface area (Å²) in [5.74, 6) is -2.44. The van der Waals surface area contributed by atoms with Crippen molar-refractivity contribution in [3.05, 3.63) is 40.7 Å². The van der Waals surface area contributed by atoms with Gasteiger partial charge in [0.15, 0.2) is 17.8 Å². The number of hydrogen-bond acceptors (Lipinski definition) is 6. The van der Waals surface area contributed by atoms with Crippen LogP contribution in [0.15, 0.2) is 33.6 Å². The molecule has 1 aliphatic heterocycles. The fourth-order valence-corrected chi connectivity index (χ4v) is 3.78. The van der Waals surface area contributed by atoms with Crippen LogP contribution in [0.4, 0.5) is 18.9 Å². The lowest BCUT2D eigenvalue weighted by Gasteiger charge is -2.09. The monoisotopic (exact) mass is 503 g/mol. The summed E-state index contributed by atoms with van der Waals surface area (Å²) in [6.45, 7) is 0.925. The number of rotatable bonds is 3. The smallest absolute Gasteiger partial charge is 0.475 e. The number of carbonyl (C=O) groups excluding carboxylic acids is 1. The Labute approximate surface area is 181 Å². The number of nitrogens with one attached hydrogen (secondary N) is 2. The predicted molar refractivity (Wildman–Crippen MR) is 107 cm³/mol. The minimum Gasteiger partial charge on any atom is -0.475 e. The average Bonchev–Trinajstić information content (AvgIpc) is 3.42. The Hall–Kier alpha value is -2.93. The third kappa shape index (κ3) is 5.05. The van der Waals surface area contributed by atoms with E-state index in [1.54, 1.807) is 4.68 Å². The van der Waals surface area contributed by atoms with Gasteiger partial charge in [0.25, 0.3) is 5.91 Å². The van der Waals surface area contributed by atoms with Crippen molar-refractivity contribution in [2.75, 3.05) is 11.9 Å². The fourth-order valence-electron chi connectivity index (χ4n) is 3.13. The van der Waals surface area contributed by atoms with Crippen LogP contribution in [-0.2, 0) is 11.8 Å². The molecule has 1 saturated heterocycles. The topological polar surface area (TPSA) is 122 Å². The standard InChI is InChI=1S/C16H16BrN5O2.C2HF3O2/c1-22-11-6-2-4-9(12(11)15(17)21-22)20-16(23)13-14(24-8-19-13)10-5-3-7-18-10;3-2(4,5)1(6)7/h2,4,6,8,10,18H,3,5,7H2,1H3,(H,20,23);(H,6,7). The predicted octanol–water partition coefficient (Wildman–Crippen LogP) is 3.63. The van der Waals surface area contributed by atoms with Gasteiger partial charge in [-0.1, -0.05) is 6.07 Å². The van der Waals surface area contributed by atoms with Crippen LogP contribution < -0.4 is 10.6 Å². The van der Waals surface area contributed by atoms with Crippen molar-refractivity contribution in [1.82, 2.24) is 20.1 Å². The van der Waals surface area contributed by atoms with Gasteiger partial charge in [-0.25, -0.2) is 9.78 Å². The molecule has 3 aromatic rings. The summed E-state index contributed by atoms with van der Waals surface area (Å²) in [5, 5.41) is 18.6. The number of nitrogens with zero attached hydrogens (tertiary/aromatic N) is 3. The summed E-state index contributed by atoms with van der Waals surface area (Å²) in [6, 6.07) is 5.73. The molecule has 0 bridgehead atoms. The van der Waals surface area contributed by atoms with Crippen LogP contribution in [0, 0.1) is 0 Å². The maximum Gasteiger partial charge on any atom is 0.490 e. The molecule has 13 heteroatoms. The molecule has 166 valence electrons. The number of halogens is 4. The van der Waals surface area contributed by atoms with Gasteiger partial charge < -0.3 is 20.2 Å². The molecule has 0 radical (unpaired) electrons. The highest BCUT2D eigenvalue weighted by Gasteiger charge is 2.38. The zero-order valence-electron chi connectivity index (χ0n) is 16.0. The summed E-state index contributed by atoms with van der Waals surface area (Å²) in [6.07, 6.45) is -1.75. The second kappa shape index (κ2) is 9.06. The molecule has 3 heterocycles. The zero-order valence-corrected chi connectivity index (χ0v) is 17.6. The van der Waals surface area contributed by atoms with E-state index in [0.717, 1.165) is 30.3 Å². The van der Waals surface area contributed by atoms with Crippen LogP contribution in [0.25, 0.3) is 10.9 Å². The average molecular weight is 504 g/mol. The van der Waals surface area contributed by atoms with Gasteiger partial charge in [0.05, 0.1) is 22.6 Å². The number of aryl methyl sites for hydroxylation is 1. The summed E-state index contributed by atoms with van der Waals surface area (Å²) >= 11 is 3.45. The summed E-state index contributed by atoms with van der Waals surface area (Å²) in [7, 11) is 1.86. The SMILES string of the molecule is Cn1nc(Br)c2c(NC(=O)c3ncoc3C3CCCN3)cccc21.O=C(O)C(F)(F)F. The molecule has 1 fully saturated rings. The van der Waals surface area contributed by atoms with E-state index in [1.807, 2.05) is 25.2 Å². The van der Waals surface area contributed by atoms with E-state index in [1.165, 1.54) is 6.39 Å². The van der Waals surface area contributed by atoms with Crippen LogP contribution in [-0.4, -0.2) is 44.5 Å². The van der Waals surface area contributed by atoms with Crippen LogP contribution in [0.5, 0.6) is 0 Å². The van der Waals surface area contributed by atoms with Crippen molar-refractivity contribution in [1.29, 1.82) is 0 Å². The highest BCUT2D eigenvalue weighted by molar-refractivity contribution is 9.10. The van der Waals surface area contributed by atoms with Crippen LogP contribution in [0.2, 0.25) is 0 Å². The number of oxazole rings is 1. The van der Waals surface area contributed by atoms with Crippen LogP contribution >= 0.6 is 15.9 Å². The number of carbonyl (C=O) groups is 2. The summed E-state index contributed by atoms with van der Waals surface area (Å²) < 4.78 is 39.7. The van der Waals surface area contributed by atoms with E-state index in [9.17, 15) is 18.0 Å². The van der Waals surface area contributed by atoms with Gasteiger partial charge >= 0.3 is 12.1 Å². The quantitative estimate of drug-likeness (QED) is 0.498. The van der Waals surface area contributed by atoms with E-state index in [-0.39, 0.29) is 11.9 Å². The first-order valence-corrected chi connectivity index (χ1v) is 9.78. The van der Waals surface area contributed by atoms with Gasteiger partial charge in [0.1, 0.15) is 4.60 Å². The number of aromatic nitrogens is 3. The molecule has 2 aromatic heterocycles. The van der Waals surface area contributed by atoms with Crippen molar-refractivity contribution in [3.8, 4) is 0 Å². The Bertz CT molecular complexity index is 1110. The largest absolute Gasteiger partial charge is 0.490 e. The Balaban J connectivity index is 0.000000339. The Morgan fingerprint density at radius 2 is 2.10 bits per heavy atom. The van der Waals surface area contributed by atoms with Crippen molar-refractivity contribution < 1.29 is 32.3 Å². The number of carboxylic acid groups (broad SMARTS) is 1. The van der Waals surface area contributed by atoms with Gasteiger partial charge in [-0.05, 0) is 47.4 Å². The molecule has 1 amide bonds. The lowest BCUT2D eigenvalue weighted by molar-refractivity contribution is -0.192. The molecule has 1 unspecified atom stereocenters. The second-order valence-corrected chi connectivity index (χ2v) is 7.34. The van der Waals surface area contributed by atoms with E-state index >= 15 is 0 Å². The molecule has 1 aliphatic rings. The Kier molecular flexibility index (Phi) is 6.65. The van der Waals surface area contributed by atoms with Crippen molar-refractivity contribution in [2.24, 2.45) is 7.05 Å². The number of aliphatic carboxylic acids is 1. The first kappa shape index (κ1) is 22.7. The van der Waals surface area contributed by atoms with Gasteiger partial charge in [-0.3, -0.25) is 9.48 Å². The van der Waals surface area contributed by atoms with E-state index in [2.05, 4.69) is 36.6 Å². The lowest BCUT2D eigenvalue weighted by atomic mass is 10.1. The van der Waals surface area contributed by atoms with E-state index < -0.39 is 12.1 Å². The summed E-state index contributed by atoms with van der Waals surface area (Å²) in [4.78, 5) is 25.7. The maximum atomic E-state index is 12.7. The minimum atomic E-state index is -5.08. The van der Waals surface area contributed by atoms with Crippen molar-refractivity contribution in [3.63, 3.8) is 0 Å². The van der Waals surface area contributed by atoms with Crippen LogP contribution in [0.3, 0.4) is 0 Å². The van der Waals surface area contributed by atoms with Crippen molar-refractivity contribution in [2.45, 2.75) is 25.1 Å². The summed E-state index contributed by atoms with van der Waals surface area (Å²) in [5.41, 5.74) is 1.94. The Morgan fingerprint density at radius 3 is 2.71 bits per heavy atom. The highest BCUT2D eigenvalue weighted by Crippen LogP contribution is 2.31. The van der Waals surface area contributed by atoms with Crippen molar-refractivity contribution >= 4 is 44.4 Å². The Morgan fingerprint density at radius 1 is 1.39 bits per heavy atom.